The Balaban J connectivity index is 1.89. The molecule has 0 amide bonds. The van der Waals surface area contributed by atoms with Crippen molar-refractivity contribution in [2.24, 2.45) is 5.73 Å². The summed E-state index contributed by atoms with van der Waals surface area (Å²) in [6, 6.07) is 4.10. The van der Waals surface area contributed by atoms with Crippen LogP contribution in [-0.4, -0.2) is 30.1 Å². The first kappa shape index (κ1) is 13.0. The topological polar surface area (TPSA) is 55.0 Å². The van der Waals surface area contributed by atoms with E-state index >= 15 is 0 Å². The van der Waals surface area contributed by atoms with Gasteiger partial charge in [-0.2, -0.15) is 0 Å². The zero-order valence-corrected chi connectivity index (χ0v) is 11.4. The molecule has 0 aromatic carbocycles. The molecule has 18 heavy (non-hydrogen) atoms. The number of rotatable bonds is 6. The summed E-state index contributed by atoms with van der Waals surface area (Å²) in [7, 11) is 2.08. The summed E-state index contributed by atoms with van der Waals surface area (Å²) in [4.78, 5) is 10.8. The Morgan fingerprint density at radius 2 is 2.06 bits per heavy atom. The lowest BCUT2D eigenvalue weighted by Crippen LogP contribution is -2.20. The fourth-order valence-electron chi connectivity index (χ4n) is 1.68. The molecule has 0 unspecified atom stereocenters. The van der Waals surface area contributed by atoms with Crippen LogP contribution in [0.5, 0.6) is 0 Å². The molecule has 4 nitrogen and oxygen atoms in total. The number of thiazole rings is 1. The van der Waals surface area contributed by atoms with E-state index in [0.717, 1.165) is 30.2 Å². The van der Waals surface area contributed by atoms with Crippen molar-refractivity contribution in [2.45, 2.75) is 12.8 Å². The molecule has 5 heteroatoms. The van der Waals surface area contributed by atoms with Gasteiger partial charge in [-0.05, 0) is 30.7 Å². The van der Waals surface area contributed by atoms with Gasteiger partial charge in [-0.25, -0.2) is 4.98 Å². The first-order chi connectivity index (χ1) is 8.79. The normalized spacial score (nSPS) is 10.6. The standard InChI is InChI=1S/C13H18N4S/c1-17(9-5-11-3-7-15-8-4-11)13-16-12(2-6-14)10-18-13/h3-4,7-8,10H,2,5-6,9,14H2,1H3. The zero-order valence-electron chi connectivity index (χ0n) is 10.5. The van der Waals surface area contributed by atoms with Crippen molar-refractivity contribution >= 4 is 16.5 Å². The van der Waals surface area contributed by atoms with Crippen molar-refractivity contribution in [3.8, 4) is 0 Å². The maximum Gasteiger partial charge on any atom is 0.185 e. The monoisotopic (exact) mass is 262 g/mol. The highest BCUT2D eigenvalue weighted by atomic mass is 32.1. The van der Waals surface area contributed by atoms with Crippen LogP contribution < -0.4 is 10.6 Å². The van der Waals surface area contributed by atoms with Gasteiger partial charge in [-0.1, -0.05) is 0 Å². The van der Waals surface area contributed by atoms with Crippen molar-refractivity contribution in [3.63, 3.8) is 0 Å². The second-order valence-electron chi connectivity index (χ2n) is 4.19. The van der Waals surface area contributed by atoms with Gasteiger partial charge in [0.25, 0.3) is 0 Å². The van der Waals surface area contributed by atoms with E-state index in [1.807, 2.05) is 12.4 Å². The van der Waals surface area contributed by atoms with Crippen molar-refractivity contribution in [2.75, 3.05) is 25.0 Å². The molecule has 0 bridgehead atoms. The molecular formula is C13H18N4S. The van der Waals surface area contributed by atoms with Gasteiger partial charge in [0, 0.05) is 37.8 Å². The lowest BCUT2D eigenvalue weighted by molar-refractivity contribution is 0.859. The second kappa shape index (κ2) is 6.47. The first-order valence-corrected chi connectivity index (χ1v) is 6.92. The Kier molecular flexibility index (Phi) is 4.66. The van der Waals surface area contributed by atoms with Crippen LogP contribution in [-0.2, 0) is 12.8 Å². The molecule has 0 atom stereocenters. The van der Waals surface area contributed by atoms with Crippen molar-refractivity contribution in [1.29, 1.82) is 0 Å². The molecule has 0 spiro atoms. The maximum absolute atomic E-state index is 5.53. The van der Waals surface area contributed by atoms with Crippen molar-refractivity contribution in [3.05, 3.63) is 41.2 Å². The van der Waals surface area contributed by atoms with E-state index in [1.165, 1.54) is 5.56 Å². The minimum absolute atomic E-state index is 0.657. The quantitative estimate of drug-likeness (QED) is 0.861. The molecule has 0 saturated heterocycles. The van der Waals surface area contributed by atoms with Crippen molar-refractivity contribution in [1.82, 2.24) is 9.97 Å². The third-order valence-corrected chi connectivity index (χ3v) is 3.76. The Morgan fingerprint density at radius 1 is 1.28 bits per heavy atom. The number of hydrogen-bond donors (Lipinski definition) is 1. The van der Waals surface area contributed by atoms with E-state index in [9.17, 15) is 0 Å². The Labute approximate surface area is 111 Å². The number of nitrogens with two attached hydrogens (primary N) is 1. The molecule has 2 aromatic rings. The van der Waals surface area contributed by atoms with Gasteiger partial charge >= 0.3 is 0 Å². The molecule has 2 aromatic heterocycles. The highest BCUT2D eigenvalue weighted by molar-refractivity contribution is 7.13. The molecule has 96 valence electrons. The largest absolute Gasteiger partial charge is 0.351 e. The average Bonchev–Trinajstić information content (AvgIpc) is 2.86. The van der Waals surface area contributed by atoms with Gasteiger partial charge in [0.1, 0.15) is 0 Å². The van der Waals surface area contributed by atoms with Gasteiger partial charge in [-0.3, -0.25) is 4.98 Å². The number of hydrogen-bond acceptors (Lipinski definition) is 5. The summed E-state index contributed by atoms with van der Waals surface area (Å²) < 4.78 is 0. The highest BCUT2D eigenvalue weighted by Gasteiger charge is 2.06. The summed E-state index contributed by atoms with van der Waals surface area (Å²) >= 11 is 1.68. The van der Waals surface area contributed by atoms with Crippen LogP contribution >= 0.6 is 11.3 Å². The number of anilines is 1. The van der Waals surface area contributed by atoms with Gasteiger partial charge in [-0.15, -0.1) is 11.3 Å². The molecule has 2 rings (SSSR count). The minimum atomic E-state index is 0.657. The average molecular weight is 262 g/mol. The van der Waals surface area contributed by atoms with E-state index in [0.29, 0.717) is 6.54 Å². The Hall–Kier alpha value is -1.46. The summed E-state index contributed by atoms with van der Waals surface area (Å²) in [5, 5.41) is 3.15. The Morgan fingerprint density at radius 3 is 2.78 bits per heavy atom. The third kappa shape index (κ3) is 3.51. The number of likely N-dealkylation sites (N-methyl/N-ethyl adjacent to an activating group) is 1. The van der Waals surface area contributed by atoms with Crippen LogP contribution in [0, 0.1) is 0 Å². The molecule has 2 heterocycles. The molecule has 0 aliphatic rings. The lowest BCUT2D eigenvalue weighted by Gasteiger charge is -2.15. The van der Waals surface area contributed by atoms with Crippen LogP contribution in [0.3, 0.4) is 0 Å². The fraction of sp³-hybridized carbons (Fsp3) is 0.385. The number of aromatic nitrogens is 2. The fourth-order valence-corrected chi connectivity index (χ4v) is 2.53. The van der Waals surface area contributed by atoms with E-state index in [2.05, 4.69) is 39.4 Å². The van der Waals surface area contributed by atoms with Gasteiger partial charge in [0.2, 0.25) is 0 Å². The van der Waals surface area contributed by atoms with E-state index in [-0.39, 0.29) is 0 Å². The second-order valence-corrected chi connectivity index (χ2v) is 5.02. The number of pyridine rings is 1. The summed E-state index contributed by atoms with van der Waals surface area (Å²) in [6.45, 7) is 1.61. The highest BCUT2D eigenvalue weighted by Crippen LogP contribution is 2.19. The molecule has 0 fully saturated rings. The molecule has 0 saturated carbocycles. The molecule has 0 radical (unpaired) electrons. The van der Waals surface area contributed by atoms with Crippen LogP contribution in [0.1, 0.15) is 11.3 Å². The lowest BCUT2D eigenvalue weighted by atomic mass is 10.2. The third-order valence-electron chi connectivity index (χ3n) is 2.75. The summed E-state index contributed by atoms with van der Waals surface area (Å²) in [5.74, 6) is 0. The molecule has 2 N–H and O–H groups in total. The molecule has 0 aliphatic heterocycles. The van der Waals surface area contributed by atoms with Crippen LogP contribution in [0.4, 0.5) is 5.13 Å². The molecular weight excluding hydrogens is 244 g/mol. The van der Waals surface area contributed by atoms with Crippen molar-refractivity contribution < 1.29 is 0 Å². The SMILES string of the molecule is CN(CCc1ccncc1)c1nc(CCN)cs1. The smallest absolute Gasteiger partial charge is 0.185 e. The first-order valence-electron chi connectivity index (χ1n) is 6.04. The van der Waals surface area contributed by atoms with Gasteiger partial charge < -0.3 is 10.6 Å². The predicted octanol–water partition coefficient (Wildman–Crippen LogP) is 1.72. The Bertz CT molecular complexity index is 469. The van der Waals surface area contributed by atoms with Crippen LogP contribution in [0.2, 0.25) is 0 Å². The predicted molar refractivity (Wildman–Crippen MR) is 76.1 cm³/mol. The number of nitrogens with zero attached hydrogens (tertiary/aromatic N) is 3. The van der Waals surface area contributed by atoms with Crippen LogP contribution in [0.15, 0.2) is 29.9 Å². The van der Waals surface area contributed by atoms with Gasteiger partial charge in [0.15, 0.2) is 5.13 Å². The molecule has 0 aliphatic carbocycles. The maximum atomic E-state index is 5.53. The van der Waals surface area contributed by atoms with Crippen LogP contribution in [0.25, 0.3) is 0 Å². The van der Waals surface area contributed by atoms with Gasteiger partial charge in [0.05, 0.1) is 5.69 Å². The summed E-state index contributed by atoms with van der Waals surface area (Å²) in [6.07, 6.45) is 5.52. The van der Waals surface area contributed by atoms with E-state index in [1.54, 1.807) is 11.3 Å². The zero-order chi connectivity index (χ0) is 12.8. The minimum Gasteiger partial charge on any atom is -0.351 e. The van der Waals surface area contributed by atoms with E-state index in [4.69, 9.17) is 5.73 Å². The van der Waals surface area contributed by atoms with E-state index < -0.39 is 0 Å². The summed E-state index contributed by atoms with van der Waals surface area (Å²) in [5.41, 5.74) is 7.92.